The van der Waals surface area contributed by atoms with Gasteiger partial charge in [0.2, 0.25) is 0 Å². The van der Waals surface area contributed by atoms with Crippen LogP contribution in [-0.4, -0.2) is 17.6 Å². The Hall–Kier alpha value is -2.18. The second-order valence-corrected chi connectivity index (χ2v) is 7.74. The molecule has 1 heterocycles. The molecular weight excluding hydrogens is 413 g/mol. The summed E-state index contributed by atoms with van der Waals surface area (Å²) >= 11 is 0. The molecule has 6 heteroatoms. The predicted octanol–water partition coefficient (Wildman–Crippen LogP) is 1.34. The van der Waals surface area contributed by atoms with E-state index in [1.165, 1.54) is 22.3 Å². The molecule has 1 aliphatic rings. The Bertz CT molecular complexity index is 1070. The summed E-state index contributed by atoms with van der Waals surface area (Å²) in [5, 5.41) is 11.0. The molecule has 2 aromatic carbocycles. The quantitative estimate of drug-likeness (QED) is 0.496. The van der Waals surface area contributed by atoms with Gasteiger partial charge in [0, 0.05) is 36.5 Å². The summed E-state index contributed by atoms with van der Waals surface area (Å²) in [5.74, 6) is -0.366. The molecule has 3 aromatic rings. The third kappa shape index (κ3) is 5.41. The summed E-state index contributed by atoms with van der Waals surface area (Å²) in [5.41, 5.74) is 6.76. The van der Waals surface area contributed by atoms with Gasteiger partial charge in [-0.15, -0.1) is 0 Å². The van der Waals surface area contributed by atoms with Gasteiger partial charge in [-0.2, -0.15) is 0 Å². The van der Waals surface area contributed by atoms with Crippen LogP contribution in [0.1, 0.15) is 54.4 Å². The van der Waals surface area contributed by atoms with Gasteiger partial charge in [0.15, 0.2) is 0 Å². The maximum Gasteiger partial charge on any atom is 1.00 e. The standard InChI is InChI=1S/C26H27NO4.Na/c1-3-30-25(16-26(28)29)18-9-11-19(12-10-18)31-24-14-13-22-21(6-4-7-23(22)24)20-8-5-15-27-17(20)2;/h4-12,15,24-25H,3,13-14,16H2,1-2H3,(H,28,29);/q;+1/p-1/t24-,25+;/m1./s1. The first-order chi connectivity index (χ1) is 15.1. The van der Waals surface area contributed by atoms with Crippen molar-refractivity contribution in [1.82, 2.24) is 4.98 Å². The summed E-state index contributed by atoms with van der Waals surface area (Å²) in [6, 6.07) is 18.0. The van der Waals surface area contributed by atoms with Crippen LogP contribution in [0.15, 0.2) is 60.8 Å². The topological polar surface area (TPSA) is 71.5 Å². The van der Waals surface area contributed by atoms with Crippen LogP contribution in [0.25, 0.3) is 11.1 Å². The zero-order valence-corrected chi connectivity index (χ0v) is 20.8. The minimum absolute atomic E-state index is 0. The Labute approximate surface area is 211 Å². The van der Waals surface area contributed by atoms with Crippen molar-refractivity contribution >= 4 is 5.97 Å². The number of ether oxygens (including phenoxy) is 2. The van der Waals surface area contributed by atoms with Crippen LogP contribution < -0.4 is 39.4 Å². The van der Waals surface area contributed by atoms with Gasteiger partial charge in [0.05, 0.1) is 6.10 Å². The van der Waals surface area contributed by atoms with Crippen molar-refractivity contribution in [3.8, 4) is 16.9 Å². The van der Waals surface area contributed by atoms with Crippen LogP contribution in [0.4, 0.5) is 0 Å². The van der Waals surface area contributed by atoms with E-state index >= 15 is 0 Å². The SMILES string of the molecule is CCO[C@@H](CC(=O)[O-])c1ccc(O[C@@H]2CCc3c(-c4cccnc4C)cccc32)cc1.[Na+]. The Morgan fingerprint density at radius 2 is 1.88 bits per heavy atom. The molecule has 0 unspecified atom stereocenters. The van der Waals surface area contributed by atoms with Crippen molar-refractivity contribution in [3.05, 3.63) is 83.2 Å². The molecule has 2 atom stereocenters. The van der Waals surface area contributed by atoms with Crippen LogP contribution in [0.3, 0.4) is 0 Å². The first-order valence-electron chi connectivity index (χ1n) is 10.7. The number of nitrogens with zero attached hydrogens (tertiary/aromatic N) is 1. The first kappa shape index (κ1) is 24.5. The van der Waals surface area contributed by atoms with E-state index < -0.39 is 12.1 Å². The number of fused-ring (bicyclic) bond motifs is 1. The molecule has 0 bridgehead atoms. The third-order valence-corrected chi connectivity index (χ3v) is 5.76. The van der Waals surface area contributed by atoms with Crippen LogP contribution >= 0.6 is 0 Å². The minimum atomic E-state index is -1.12. The summed E-state index contributed by atoms with van der Waals surface area (Å²) in [7, 11) is 0. The molecule has 5 nitrogen and oxygen atoms in total. The second-order valence-electron chi connectivity index (χ2n) is 7.74. The summed E-state index contributed by atoms with van der Waals surface area (Å²) in [6.07, 6.45) is 3.01. The van der Waals surface area contributed by atoms with Gasteiger partial charge in [-0.3, -0.25) is 4.98 Å². The first-order valence-corrected chi connectivity index (χ1v) is 10.7. The van der Waals surface area contributed by atoms with Gasteiger partial charge in [0.25, 0.3) is 0 Å². The Morgan fingerprint density at radius 1 is 1.12 bits per heavy atom. The van der Waals surface area contributed by atoms with Gasteiger partial charge < -0.3 is 19.4 Å². The molecule has 0 spiro atoms. The zero-order chi connectivity index (χ0) is 21.8. The van der Waals surface area contributed by atoms with Crippen LogP contribution in [0.2, 0.25) is 0 Å². The van der Waals surface area contributed by atoms with Crippen LogP contribution in [0, 0.1) is 6.92 Å². The van der Waals surface area contributed by atoms with Gasteiger partial charge >= 0.3 is 29.6 Å². The molecule has 0 amide bonds. The van der Waals surface area contributed by atoms with Crippen LogP contribution in [0.5, 0.6) is 5.75 Å². The molecule has 32 heavy (non-hydrogen) atoms. The molecule has 1 aliphatic carbocycles. The molecule has 0 N–H and O–H groups in total. The van der Waals surface area contributed by atoms with Gasteiger partial charge in [-0.25, -0.2) is 0 Å². The van der Waals surface area contributed by atoms with E-state index in [1.807, 2.05) is 50.4 Å². The molecule has 1 aromatic heterocycles. The van der Waals surface area contributed by atoms with E-state index in [-0.39, 0.29) is 42.1 Å². The Kier molecular flexibility index (Phi) is 8.49. The Morgan fingerprint density at radius 3 is 2.56 bits per heavy atom. The van der Waals surface area contributed by atoms with Crippen molar-refractivity contribution in [2.75, 3.05) is 6.61 Å². The van der Waals surface area contributed by atoms with E-state index in [9.17, 15) is 9.90 Å². The predicted molar refractivity (Wildman–Crippen MR) is 117 cm³/mol. The zero-order valence-electron chi connectivity index (χ0n) is 18.8. The summed E-state index contributed by atoms with van der Waals surface area (Å²) in [6.45, 7) is 4.32. The molecule has 0 fully saturated rings. The molecule has 4 rings (SSSR count). The monoisotopic (exact) mass is 439 g/mol. The molecular formula is C26H26NNaO4. The van der Waals surface area contributed by atoms with E-state index in [1.54, 1.807) is 0 Å². The maximum absolute atomic E-state index is 11.0. The fraction of sp³-hybridized carbons (Fsp3) is 0.308. The van der Waals surface area contributed by atoms with E-state index in [4.69, 9.17) is 9.47 Å². The number of hydrogen-bond acceptors (Lipinski definition) is 5. The number of carbonyl (C=O) groups is 1. The minimum Gasteiger partial charge on any atom is -0.550 e. The average Bonchev–Trinajstić information content (AvgIpc) is 3.17. The molecule has 0 radical (unpaired) electrons. The molecule has 0 saturated heterocycles. The van der Waals surface area contributed by atoms with Crippen molar-refractivity contribution in [1.29, 1.82) is 0 Å². The summed E-state index contributed by atoms with van der Waals surface area (Å²) in [4.78, 5) is 15.4. The smallest absolute Gasteiger partial charge is 0.550 e. The third-order valence-electron chi connectivity index (χ3n) is 5.76. The number of carboxylic acid groups (broad SMARTS) is 1. The van der Waals surface area contributed by atoms with Crippen molar-refractivity contribution in [2.45, 2.75) is 45.3 Å². The number of rotatable bonds is 8. The number of aromatic nitrogens is 1. The van der Waals surface area contributed by atoms with E-state index in [0.29, 0.717) is 6.61 Å². The second kappa shape index (κ2) is 11.1. The van der Waals surface area contributed by atoms with Gasteiger partial charge in [-0.05, 0) is 67.1 Å². The number of benzene rings is 2. The van der Waals surface area contributed by atoms with E-state index in [2.05, 4.69) is 29.2 Å². The van der Waals surface area contributed by atoms with Crippen LogP contribution in [-0.2, 0) is 16.0 Å². The molecule has 160 valence electrons. The van der Waals surface area contributed by atoms with Crippen molar-refractivity contribution in [2.24, 2.45) is 0 Å². The fourth-order valence-electron chi connectivity index (χ4n) is 4.31. The number of pyridine rings is 1. The number of carboxylic acids is 1. The maximum atomic E-state index is 11.0. The number of carbonyl (C=O) groups excluding carboxylic acids is 1. The molecule has 0 saturated carbocycles. The number of hydrogen-bond donors (Lipinski definition) is 0. The summed E-state index contributed by atoms with van der Waals surface area (Å²) < 4.78 is 11.9. The van der Waals surface area contributed by atoms with Crippen molar-refractivity contribution < 1.29 is 48.9 Å². The van der Waals surface area contributed by atoms with Gasteiger partial charge in [0.1, 0.15) is 11.9 Å². The number of aryl methyl sites for hydroxylation is 1. The van der Waals surface area contributed by atoms with Crippen molar-refractivity contribution in [3.63, 3.8) is 0 Å². The number of aliphatic carboxylic acids is 1. The average molecular weight is 439 g/mol. The fourth-order valence-corrected chi connectivity index (χ4v) is 4.31. The normalized spacial score (nSPS) is 15.5. The molecule has 0 aliphatic heterocycles. The largest absolute Gasteiger partial charge is 1.00 e. The Balaban J connectivity index is 0.00000289. The van der Waals surface area contributed by atoms with E-state index in [0.717, 1.165) is 29.8 Å². The van der Waals surface area contributed by atoms with Gasteiger partial charge in [-0.1, -0.05) is 36.4 Å².